The number of carboxylic acids is 3. The Morgan fingerprint density at radius 1 is 0.951 bits per heavy atom. The largest absolute Gasteiger partial charge is 0.549 e. The summed E-state index contributed by atoms with van der Waals surface area (Å²) in [6.45, 7) is 2.27. The molecule has 231 valence electrons. The number of pyridine rings is 1. The van der Waals surface area contributed by atoms with Crippen molar-refractivity contribution < 1.29 is 71.3 Å². The summed E-state index contributed by atoms with van der Waals surface area (Å²) in [4.78, 5) is 67.7. The smallest absolute Gasteiger partial charge is 0.272 e. The minimum Gasteiger partial charge on any atom is -0.549 e. The SMILES string of the molecule is CCOc1c(NCCCC(C(=O)[O-])N2CCN(CC(=O)[O-])Cc3cccc(n3)CN(CC(=O)[O-])CC2)c(=O)c1=O.[Tm]. The van der Waals surface area contributed by atoms with Crippen molar-refractivity contribution in [2.75, 3.05) is 57.7 Å². The summed E-state index contributed by atoms with van der Waals surface area (Å²) in [6, 6.07) is 4.11. The Kier molecular flexibility index (Phi) is 14.1. The molecule has 1 N–H and O–H groups in total. The van der Waals surface area contributed by atoms with Gasteiger partial charge in [-0.2, -0.15) is 0 Å². The van der Waals surface area contributed by atoms with Gasteiger partial charge in [0.2, 0.25) is 0 Å². The van der Waals surface area contributed by atoms with Gasteiger partial charge in [0.1, 0.15) is 5.69 Å². The molecular weight excluding hydrogens is 695 g/mol. The average Bonchev–Trinajstić information content (AvgIpc) is 2.88. The Hall–Kier alpha value is -2.65. The van der Waals surface area contributed by atoms with Gasteiger partial charge in [0.15, 0.2) is 5.75 Å². The fourth-order valence-electron chi connectivity index (χ4n) is 4.69. The topological polar surface area (TPSA) is 198 Å². The second-order valence-corrected chi connectivity index (χ2v) is 9.52. The molecule has 0 amide bonds. The molecule has 2 bridgehead atoms. The second kappa shape index (κ2) is 16.7. The van der Waals surface area contributed by atoms with Crippen LogP contribution in [0.25, 0.3) is 0 Å². The number of hydrogen-bond acceptors (Lipinski definition) is 14. The third kappa shape index (κ3) is 10.3. The number of rotatable bonds is 13. The van der Waals surface area contributed by atoms with E-state index in [4.69, 9.17) is 4.74 Å². The van der Waals surface area contributed by atoms with Crippen LogP contribution >= 0.6 is 0 Å². The molecule has 15 heteroatoms. The zero-order valence-corrected chi connectivity index (χ0v) is 24.3. The van der Waals surface area contributed by atoms with Crippen LogP contribution in [0.2, 0.25) is 0 Å². The fourth-order valence-corrected chi connectivity index (χ4v) is 4.69. The van der Waals surface area contributed by atoms with Gasteiger partial charge in [-0.05, 0) is 31.9 Å². The van der Waals surface area contributed by atoms with Gasteiger partial charge in [0, 0.05) is 102 Å². The summed E-state index contributed by atoms with van der Waals surface area (Å²) in [5, 5.41) is 37.8. The van der Waals surface area contributed by atoms with Crippen molar-refractivity contribution in [1.82, 2.24) is 19.7 Å². The molecule has 1 radical (unpaired) electrons. The molecule has 0 aliphatic carbocycles. The number of fused-ring (bicyclic) bond motifs is 2. The number of carboxylic acid groups (broad SMARTS) is 3. The second-order valence-electron chi connectivity index (χ2n) is 9.52. The normalized spacial score (nSPS) is 16.1. The van der Waals surface area contributed by atoms with E-state index < -0.39 is 34.8 Å². The third-order valence-corrected chi connectivity index (χ3v) is 6.57. The number of nitrogens with zero attached hydrogens (tertiary/aromatic N) is 4. The van der Waals surface area contributed by atoms with E-state index in [1.807, 2.05) is 0 Å². The molecule has 1 aromatic heterocycles. The van der Waals surface area contributed by atoms with Gasteiger partial charge >= 0.3 is 0 Å². The number of ether oxygens (including phenoxy) is 1. The Morgan fingerprint density at radius 2 is 1.51 bits per heavy atom. The minimum absolute atomic E-state index is 0. The standard InChI is InChI=1S/C26H35N5O9.Tm/c1-2-40-25-22(23(36)24(25)37)27-8-4-7-19(26(38)39)31-11-9-29(15-20(32)33)13-17-5-3-6-18(28-17)14-30(10-12-31)16-21(34)35;/h3,5-6,19,27H,2,4,7-16H2,1H3,(H,32,33)(H,34,35)(H,38,39);/p-3. The zero-order valence-electron chi connectivity index (χ0n) is 22.5. The number of carbonyl (C=O) groups excluding carboxylic acids is 3. The average molecular weight is 728 g/mol. The van der Waals surface area contributed by atoms with Gasteiger partial charge < -0.3 is 39.8 Å². The number of aliphatic carboxylic acids is 3. The Labute approximate surface area is 265 Å². The van der Waals surface area contributed by atoms with E-state index >= 15 is 0 Å². The minimum atomic E-state index is -1.35. The molecule has 0 saturated carbocycles. The molecule has 0 spiro atoms. The molecule has 14 nitrogen and oxygen atoms in total. The van der Waals surface area contributed by atoms with Gasteiger partial charge in [-0.15, -0.1) is 0 Å². The predicted octanol–water partition coefficient (Wildman–Crippen LogP) is -4.49. The number of carbonyl (C=O) groups is 3. The first-order valence-corrected chi connectivity index (χ1v) is 13.0. The van der Waals surface area contributed by atoms with Gasteiger partial charge in [-0.25, -0.2) is 0 Å². The first-order chi connectivity index (χ1) is 19.1. The van der Waals surface area contributed by atoms with Gasteiger partial charge in [-0.3, -0.25) is 29.3 Å². The molecule has 2 aromatic rings. The van der Waals surface area contributed by atoms with Crippen molar-refractivity contribution in [3.05, 3.63) is 50.0 Å². The van der Waals surface area contributed by atoms with Crippen LogP contribution in [0.4, 0.5) is 5.69 Å². The van der Waals surface area contributed by atoms with Crippen molar-refractivity contribution in [1.29, 1.82) is 0 Å². The summed E-state index contributed by atoms with van der Waals surface area (Å²) in [5.41, 5.74) is -0.183. The van der Waals surface area contributed by atoms with E-state index in [0.29, 0.717) is 17.8 Å². The first-order valence-electron chi connectivity index (χ1n) is 13.0. The van der Waals surface area contributed by atoms with E-state index in [1.54, 1.807) is 39.8 Å². The molecule has 1 unspecified atom stereocenters. The summed E-state index contributed by atoms with van der Waals surface area (Å²) in [5.74, 6) is -3.96. The van der Waals surface area contributed by atoms with Crippen LogP contribution in [0.1, 0.15) is 31.2 Å². The molecule has 3 rings (SSSR count). The molecule has 0 fully saturated rings. The van der Waals surface area contributed by atoms with Gasteiger partial charge in [0.05, 0.1) is 35.9 Å². The first kappa shape index (κ1) is 34.6. The number of nitrogens with one attached hydrogen (secondary N) is 1. The van der Waals surface area contributed by atoms with Crippen molar-refractivity contribution in [2.45, 2.75) is 38.9 Å². The summed E-state index contributed by atoms with van der Waals surface area (Å²) < 4.78 is 5.17. The van der Waals surface area contributed by atoms with E-state index in [2.05, 4.69) is 10.3 Å². The van der Waals surface area contributed by atoms with E-state index in [9.17, 15) is 39.3 Å². The number of anilines is 1. The van der Waals surface area contributed by atoms with Crippen LogP contribution in [-0.4, -0.2) is 96.1 Å². The maximum Gasteiger partial charge on any atom is 0.272 e. The van der Waals surface area contributed by atoms with Crippen LogP contribution in [0.3, 0.4) is 0 Å². The Bertz CT molecular complexity index is 1220. The molecule has 41 heavy (non-hydrogen) atoms. The van der Waals surface area contributed by atoms with Crippen LogP contribution in [0.15, 0.2) is 27.8 Å². The summed E-state index contributed by atoms with van der Waals surface area (Å²) >= 11 is 0. The maximum absolute atomic E-state index is 12.2. The molecule has 1 aromatic carbocycles. The number of hydrogen-bond donors (Lipinski definition) is 1. The summed E-state index contributed by atoms with van der Waals surface area (Å²) in [6.07, 6.45) is 0.399. The van der Waals surface area contributed by atoms with Gasteiger partial charge in [-0.1, -0.05) is 6.07 Å². The van der Waals surface area contributed by atoms with E-state index in [1.165, 1.54) is 0 Å². The van der Waals surface area contributed by atoms with Crippen LogP contribution in [0.5, 0.6) is 5.75 Å². The Balaban J connectivity index is 0.00000588. The van der Waals surface area contributed by atoms with Crippen molar-refractivity contribution in [3.8, 4) is 5.75 Å². The third-order valence-electron chi connectivity index (χ3n) is 6.57. The molecule has 1 aliphatic heterocycles. The zero-order chi connectivity index (χ0) is 29.2. The van der Waals surface area contributed by atoms with Crippen LogP contribution in [0, 0.1) is 36.9 Å². The van der Waals surface area contributed by atoms with Crippen molar-refractivity contribution in [2.24, 2.45) is 0 Å². The fraction of sp³-hybridized carbons (Fsp3) is 0.538. The molecule has 1 atom stereocenters. The Morgan fingerprint density at radius 3 is 2.00 bits per heavy atom. The molecule has 2 heterocycles. The monoisotopic (exact) mass is 727 g/mol. The maximum atomic E-state index is 12.2. The summed E-state index contributed by atoms with van der Waals surface area (Å²) in [7, 11) is 0. The number of aromatic nitrogens is 1. The van der Waals surface area contributed by atoms with Crippen molar-refractivity contribution in [3.63, 3.8) is 0 Å². The van der Waals surface area contributed by atoms with Crippen LogP contribution < -0.4 is 36.2 Å². The predicted molar refractivity (Wildman–Crippen MR) is 135 cm³/mol. The van der Waals surface area contributed by atoms with Crippen LogP contribution in [-0.2, 0) is 27.5 Å². The van der Waals surface area contributed by atoms with Crippen molar-refractivity contribution >= 4 is 23.6 Å². The van der Waals surface area contributed by atoms with E-state index in [-0.39, 0.29) is 120 Å². The quantitative estimate of drug-likeness (QED) is 0.153. The molecular formula is C26H32N5O9Tm-3. The molecule has 0 saturated heterocycles. The van der Waals surface area contributed by atoms with Gasteiger partial charge in [0.25, 0.3) is 10.9 Å². The van der Waals surface area contributed by atoms with E-state index in [0.717, 1.165) is 0 Å². The molecule has 1 aliphatic rings.